The molecule has 1 spiro atoms. The summed E-state index contributed by atoms with van der Waals surface area (Å²) in [7, 11) is -3.80. The summed E-state index contributed by atoms with van der Waals surface area (Å²) in [5, 5.41) is 2.48. The van der Waals surface area contributed by atoms with Gasteiger partial charge in [-0.15, -0.1) is 0 Å². The van der Waals surface area contributed by atoms with Crippen LogP contribution in [0.1, 0.15) is 43.2 Å². The lowest BCUT2D eigenvalue weighted by atomic mass is 9.42. The molecular formula is C58H46N2O2S. The molecule has 5 heteroatoms. The molecule has 0 amide bonds. The Hall–Kier alpha value is -6.69. The van der Waals surface area contributed by atoms with Crippen LogP contribution in [0, 0.1) is 23.7 Å². The summed E-state index contributed by atoms with van der Waals surface area (Å²) in [4.78, 5) is 3.23. The third-order valence-corrected chi connectivity index (χ3v) is 17.2. The topological polar surface area (TPSA) is 42.3 Å². The molecule has 9 aromatic rings. The Labute approximate surface area is 369 Å². The normalized spacial score (nSPS) is 22.6. The van der Waals surface area contributed by atoms with Crippen molar-refractivity contribution in [2.75, 3.05) is 4.90 Å². The number of hydrogen-bond acceptors (Lipinski definition) is 3. The van der Waals surface area contributed by atoms with Crippen LogP contribution >= 0.6 is 0 Å². The molecule has 4 bridgehead atoms. The molecule has 5 aliphatic rings. The highest BCUT2D eigenvalue weighted by molar-refractivity contribution is 7.91. The predicted octanol–water partition coefficient (Wildman–Crippen LogP) is 14.5. The molecule has 0 radical (unpaired) electrons. The van der Waals surface area contributed by atoms with E-state index < -0.39 is 9.84 Å². The van der Waals surface area contributed by atoms with Crippen LogP contribution in [0.2, 0.25) is 0 Å². The molecule has 8 aromatic carbocycles. The molecule has 0 N–H and O–H groups in total. The van der Waals surface area contributed by atoms with E-state index in [4.69, 9.17) is 0 Å². The number of anilines is 3. The second kappa shape index (κ2) is 13.9. The quantitative estimate of drug-likeness (QED) is 0.168. The fourth-order valence-electron chi connectivity index (χ4n) is 13.1. The molecule has 4 aliphatic carbocycles. The average molecular weight is 835 g/mol. The van der Waals surface area contributed by atoms with Crippen molar-refractivity contribution in [3.63, 3.8) is 0 Å². The lowest BCUT2D eigenvalue weighted by molar-refractivity contribution is -0.0446. The summed E-state index contributed by atoms with van der Waals surface area (Å²) in [6, 6.07) is 68.3. The third-order valence-electron chi connectivity index (χ3n) is 15.4. The van der Waals surface area contributed by atoms with Gasteiger partial charge in [-0.05, 0) is 156 Å². The average Bonchev–Trinajstić information content (AvgIpc) is 3.67. The van der Waals surface area contributed by atoms with Crippen LogP contribution in [0.4, 0.5) is 17.1 Å². The monoisotopic (exact) mass is 834 g/mol. The summed E-state index contributed by atoms with van der Waals surface area (Å²) in [5.74, 6) is 2.43. The SMILES string of the molecule is O=S1(=O)c2ccccc2C2(c3ccc(N(c4ccc(-c5cccc(-n6c7ccccc7c7ccccc76)c5)cc4)c4cccc(-c5ccccc5)c4)cc31)C1CC3CC(C1)CC2C3. The molecule has 0 unspecified atom stereocenters. The smallest absolute Gasteiger partial charge is 0.207 e. The van der Waals surface area contributed by atoms with Crippen LogP contribution < -0.4 is 4.90 Å². The maximum absolute atomic E-state index is 15.0. The summed E-state index contributed by atoms with van der Waals surface area (Å²) in [5.41, 5.74) is 12.5. The van der Waals surface area contributed by atoms with Crippen LogP contribution in [-0.4, -0.2) is 13.0 Å². The zero-order valence-electron chi connectivity index (χ0n) is 34.9. The van der Waals surface area contributed by atoms with Gasteiger partial charge in [-0.2, -0.15) is 0 Å². The zero-order valence-corrected chi connectivity index (χ0v) is 35.8. The number of nitrogens with zero attached hydrogens (tertiary/aromatic N) is 2. The molecule has 4 saturated carbocycles. The van der Waals surface area contributed by atoms with E-state index >= 15 is 8.42 Å². The van der Waals surface area contributed by atoms with E-state index in [2.05, 4.69) is 179 Å². The Morgan fingerprint density at radius 3 is 1.68 bits per heavy atom. The molecule has 1 aliphatic heterocycles. The van der Waals surface area contributed by atoms with Crippen molar-refractivity contribution in [1.82, 2.24) is 4.57 Å². The number of para-hydroxylation sites is 2. The van der Waals surface area contributed by atoms with Gasteiger partial charge in [0.25, 0.3) is 0 Å². The first-order chi connectivity index (χ1) is 30.9. The van der Waals surface area contributed by atoms with Gasteiger partial charge >= 0.3 is 0 Å². The Morgan fingerprint density at radius 2 is 0.968 bits per heavy atom. The standard InChI is InChI=1S/C58H46N2O2S/c61-63(62)56-23-9-6-20-52(56)58(44-31-38-30-39(33-44)34-45(58)32-38)53-29-28-49(37-57(53)63)59(47-16-10-14-42(35-47)40-12-2-1-3-13-40)46-26-24-41(25-27-46)43-15-11-17-48(36-43)60-54-21-7-4-18-50(54)51-19-5-8-22-55(51)60/h1-29,35-39,44-45H,30-34H2. The van der Waals surface area contributed by atoms with Gasteiger partial charge in [0.2, 0.25) is 9.84 Å². The van der Waals surface area contributed by atoms with E-state index in [-0.39, 0.29) is 5.41 Å². The number of sulfone groups is 1. The van der Waals surface area contributed by atoms with Crippen LogP contribution in [-0.2, 0) is 15.3 Å². The number of benzene rings is 8. The fraction of sp³-hybridized carbons (Fsp3) is 0.172. The maximum atomic E-state index is 15.0. The first kappa shape index (κ1) is 36.9. The zero-order chi connectivity index (χ0) is 41.9. The molecule has 4 nitrogen and oxygen atoms in total. The Morgan fingerprint density at radius 1 is 0.429 bits per heavy atom. The summed E-state index contributed by atoms with van der Waals surface area (Å²) in [6.45, 7) is 0. The van der Waals surface area contributed by atoms with Gasteiger partial charge in [0.1, 0.15) is 0 Å². The molecule has 0 saturated heterocycles. The molecule has 2 heterocycles. The Bertz CT molecular complexity index is 3300. The predicted molar refractivity (Wildman–Crippen MR) is 256 cm³/mol. The maximum Gasteiger partial charge on any atom is 0.207 e. The van der Waals surface area contributed by atoms with Gasteiger partial charge in [-0.3, -0.25) is 0 Å². The van der Waals surface area contributed by atoms with E-state index in [9.17, 15) is 0 Å². The lowest BCUT2D eigenvalue weighted by Gasteiger charge is -2.63. The Balaban J connectivity index is 0.951. The van der Waals surface area contributed by atoms with Gasteiger partial charge < -0.3 is 9.47 Å². The van der Waals surface area contributed by atoms with Gasteiger partial charge in [-0.1, -0.05) is 127 Å². The summed E-state index contributed by atoms with van der Waals surface area (Å²) < 4.78 is 32.4. The van der Waals surface area contributed by atoms with Crippen molar-refractivity contribution >= 4 is 48.7 Å². The molecular weight excluding hydrogens is 789 g/mol. The molecule has 14 rings (SSSR count). The summed E-state index contributed by atoms with van der Waals surface area (Å²) in [6.07, 6.45) is 6.10. The minimum Gasteiger partial charge on any atom is -0.310 e. The van der Waals surface area contributed by atoms with Crippen LogP contribution in [0.25, 0.3) is 49.7 Å². The Kier molecular flexibility index (Phi) is 8.15. The number of fused-ring (bicyclic) bond motifs is 5. The molecule has 4 fully saturated rings. The van der Waals surface area contributed by atoms with E-state index in [0.717, 1.165) is 68.0 Å². The van der Waals surface area contributed by atoms with E-state index in [1.54, 1.807) is 0 Å². The van der Waals surface area contributed by atoms with Gasteiger partial charge in [0.15, 0.2) is 0 Å². The first-order valence-corrected chi connectivity index (χ1v) is 24.1. The molecule has 0 atom stereocenters. The highest BCUT2D eigenvalue weighted by Crippen LogP contribution is 2.68. The van der Waals surface area contributed by atoms with Gasteiger partial charge in [0, 0.05) is 38.9 Å². The molecule has 306 valence electrons. The lowest BCUT2D eigenvalue weighted by Crippen LogP contribution is -2.57. The second-order valence-corrected chi connectivity index (χ2v) is 20.5. The number of hydrogen-bond donors (Lipinski definition) is 0. The van der Waals surface area contributed by atoms with Crippen LogP contribution in [0.3, 0.4) is 0 Å². The first-order valence-electron chi connectivity index (χ1n) is 22.6. The highest BCUT2D eigenvalue weighted by atomic mass is 32.2. The number of aromatic nitrogens is 1. The molecule has 1 aromatic heterocycles. The largest absolute Gasteiger partial charge is 0.310 e. The van der Waals surface area contributed by atoms with Crippen molar-refractivity contribution in [2.24, 2.45) is 23.7 Å². The van der Waals surface area contributed by atoms with Crippen molar-refractivity contribution < 1.29 is 8.42 Å². The number of rotatable bonds is 6. The van der Waals surface area contributed by atoms with Crippen LogP contribution in [0.5, 0.6) is 0 Å². The van der Waals surface area contributed by atoms with Crippen molar-refractivity contribution in [2.45, 2.75) is 47.3 Å². The fourth-order valence-corrected chi connectivity index (χ4v) is 14.9. The van der Waals surface area contributed by atoms with E-state index in [0.29, 0.717) is 21.6 Å². The van der Waals surface area contributed by atoms with Crippen molar-refractivity contribution in [1.29, 1.82) is 0 Å². The second-order valence-electron chi connectivity index (χ2n) is 18.6. The van der Waals surface area contributed by atoms with Crippen molar-refractivity contribution in [3.05, 3.63) is 205 Å². The van der Waals surface area contributed by atoms with Crippen LogP contribution in [0.15, 0.2) is 204 Å². The highest BCUT2D eigenvalue weighted by Gasteiger charge is 2.62. The minimum absolute atomic E-state index is 0.281. The van der Waals surface area contributed by atoms with Gasteiger partial charge in [0.05, 0.1) is 20.8 Å². The third kappa shape index (κ3) is 5.48. The van der Waals surface area contributed by atoms with E-state index in [1.807, 2.05) is 24.3 Å². The van der Waals surface area contributed by atoms with E-state index in [1.165, 1.54) is 53.9 Å². The molecule has 63 heavy (non-hydrogen) atoms. The van der Waals surface area contributed by atoms with Gasteiger partial charge in [-0.25, -0.2) is 8.42 Å². The summed E-state index contributed by atoms with van der Waals surface area (Å²) >= 11 is 0. The van der Waals surface area contributed by atoms with Crippen molar-refractivity contribution in [3.8, 4) is 27.9 Å². The minimum atomic E-state index is -3.80.